The van der Waals surface area contributed by atoms with E-state index in [1.165, 1.54) is 5.56 Å². The molecule has 0 aliphatic heterocycles. The molecule has 0 fully saturated rings. The fourth-order valence-electron chi connectivity index (χ4n) is 2.35. The van der Waals surface area contributed by atoms with Gasteiger partial charge in [-0.25, -0.2) is 9.50 Å². The number of hydrogen-bond acceptors (Lipinski definition) is 4. The van der Waals surface area contributed by atoms with Gasteiger partial charge in [0.05, 0.1) is 18.0 Å². The maximum absolute atomic E-state index is 9.72. The van der Waals surface area contributed by atoms with Gasteiger partial charge in [-0.1, -0.05) is 55.0 Å². The van der Waals surface area contributed by atoms with Crippen molar-refractivity contribution >= 4 is 16.3 Å². The van der Waals surface area contributed by atoms with E-state index in [4.69, 9.17) is 0 Å². The number of aromatic nitrogens is 3. The zero-order valence-corrected chi connectivity index (χ0v) is 13.3. The summed E-state index contributed by atoms with van der Waals surface area (Å²) in [7, 11) is 0. The monoisotopic (exact) mass is 301 g/mol. The van der Waals surface area contributed by atoms with Gasteiger partial charge in [-0.15, -0.1) is 0 Å². The van der Waals surface area contributed by atoms with Crippen molar-refractivity contribution in [2.75, 3.05) is 0 Å². The molecule has 0 radical (unpaired) electrons. The van der Waals surface area contributed by atoms with E-state index in [1.54, 1.807) is 15.9 Å². The average molecular weight is 301 g/mol. The Hall–Kier alpha value is -1.72. The molecule has 0 unspecified atom stereocenters. The highest BCUT2D eigenvalue weighted by Gasteiger charge is 2.17. The molecule has 1 aromatic carbocycles. The first kappa shape index (κ1) is 14.2. The van der Waals surface area contributed by atoms with Crippen LogP contribution in [0.1, 0.15) is 30.1 Å². The summed E-state index contributed by atoms with van der Waals surface area (Å²) >= 11 is 1.60. The molecule has 2 heterocycles. The molecule has 110 valence electrons. The van der Waals surface area contributed by atoms with Crippen molar-refractivity contribution in [2.45, 2.75) is 33.8 Å². The van der Waals surface area contributed by atoms with Gasteiger partial charge >= 0.3 is 0 Å². The van der Waals surface area contributed by atoms with Crippen LogP contribution in [0.3, 0.4) is 0 Å². The fraction of sp³-hybridized carbons (Fsp3) is 0.375. The highest BCUT2D eigenvalue weighted by atomic mass is 32.1. The van der Waals surface area contributed by atoms with Gasteiger partial charge in [0.25, 0.3) is 0 Å². The molecule has 3 aromatic rings. The third-order valence-corrected chi connectivity index (χ3v) is 4.33. The van der Waals surface area contributed by atoms with Gasteiger partial charge in [-0.3, -0.25) is 0 Å². The van der Waals surface area contributed by atoms with Gasteiger partial charge in [-0.05, 0) is 12.8 Å². The molecule has 0 bridgehead atoms. The van der Waals surface area contributed by atoms with Crippen LogP contribution >= 0.6 is 11.3 Å². The Bertz CT molecular complexity index is 756. The van der Waals surface area contributed by atoms with Crippen LogP contribution in [0.4, 0.5) is 0 Å². The minimum atomic E-state index is -0.0603. The number of nitrogens with zero attached hydrogens (tertiary/aromatic N) is 3. The molecule has 0 amide bonds. The molecule has 3 rings (SSSR count). The van der Waals surface area contributed by atoms with Gasteiger partial charge < -0.3 is 5.11 Å². The van der Waals surface area contributed by atoms with Crippen molar-refractivity contribution in [1.82, 2.24) is 14.6 Å². The van der Waals surface area contributed by atoms with Crippen LogP contribution in [0.2, 0.25) is 0 Å². The molecule has 21 heavy (non-hydrogen) atoms. The number of rotatable bonds is 4. The van der Waals surface area contributed by atoms with Crippen LogP contribution in [0, 0.1) is 12.8 Å². The summed E-state index contributed by atoms with van der Waals surface area (Å²) in [6.07, 6.45) is 0.943. The smallest absolute Gasteiger partial charge is 0.213 e. The van der Waals surface area contributed by atoms with Crippen LogP contribution in [0.5, 0.6) is 0 Å². The van der Waals surface area contributed by atoms with Crippen molar-refractivity contribution in [2.24, 2.45) is 5.92 Å². The number of aryl methyl sites for hydroxylation is 1. The molecule has 0 saturated heterocycles. The Labute approximate surface area is 128 Å². The van der Waals surface area contributed by atoms with Crippen LogP contribution < -0.4 is 0 Å². The lowest BCUT2D eigenvalue weighted by atomic mass is 10.1. The summed E-state index contributed by atoms with van der Waals surface area (Å²) in [5.41, 5.74) is 3.82. The zero-order chi connectivity index (χ0) is 15.0. The Kier molecular flexibility index (Phi) is 3.78. The largest absolute Gasteiger partial charge is 0.390 e. The summed E-state index contributed by atoms with van der Waals surface area (Å²) in [5, 5.41) is 15.4. The molecular weight excluding hydrogens is 282 g/mol. The normalized spacial score (nSPS) is 11.7. The second kappa shape index (κ2) is 5.58. The fourth-order valence-corrected chi connectivity index (χ4v) is 3.47. The molecule has 0 aliphatic carbocycles. The molecule has 0 spiro atoms. The van der Waals surface area contributed by atoms with Crippen LogP contribution in [-0.2, 0) is 13.0 Å². The third kappa shape index (κ3) is 2.71. The molecule has 2 aromatic heterocycles. The summed E-state index contributed by atoms with van der Waals surface area (Å²) in [4.78, 5) is 5.52. The maximum Gasteiger partial charge on any atom is 0.213 e. The zero-order valence-electron chi connectivity index (χ0n) is 12.5. The first-order chi connectivity index (χ1) is 10.1. The summed E-state index contributed by atoms with van der Waals surface area (Å²) in [6, 6.07) is 8.19. The first-order valence-electron chi connectivity index (χ1n) is 7.13. The van der Waals surface area contributed by atoms with E-state index in [0.29, 0.717) is 5.92 Å². The molecule has 0 aliphatic rings. The topological polar surface area (TPSA) is 50.4 Å². The quantitative estimate of drug-likeness (QED) is 0.803. The van der Waals surface area contributed by atoms with E-state index in [0.717, 1.165) is 33.3 Å². The molecule has 0 saturated carbocycles. The number of aliphatic hydroxyl groups is 1. The maximum atomic E-state index is 9.72. The lowest BCUT2D eigenvalue weighted by Crippen LogP contribution is -1.98. The van der Waals surface area contributed by atoms with E-state index in [1.807, 2.05) is 12.1 Å². The lowest BCUT2D eigenvalue weighted by Gasteiger charge is -2.02. The molecule has 4 nitrogen and oxygen atoms in total. The van der Waals surface area contributed by atoms with E-state index >= 15 is 0 Å². The van der Waals surface area contributed by atoms with Crippen LogP contribution in [0.25, 0.3) is 16.2 Å². The van der Waals surface area contributed by atoms with Crippen molar-refractivity contribution in [3.8, 4) is 11.3 Å². The van der Waals surface area contributed by atoms with Gasteiger partial charge in [-0.2, -0.15) is 5.10 Å². The molecule has 1 N–H and O–H groups in total. The predicted molar refractivity (Wildman–Crippen MR) is 85.5 cm³/mol. The number of fused-ring (bicyclic) bond motifs is 1. The SMILES string of the molecule is Cc1ccc(-c2nc3sc(CC(C)C)nn3c2CO)cc1. The first-order valence-corrected chi connectivity index (χ1v) is 7.95. The average Bonchev–Trinajstić information content (AvgIpc) is 2.95. The van der Waals surface area contributed by atoms with Crippen molar-refractivity contribution in [3.63, 3.8) is 0 Å². The Morgan fingerprint density at radius 1 is 1.24 bits per heavy atom. The molecule has 0 atom stereocenters. The number of aliphatic hydroxyl groups excluding tert-OH is 1. The lowest BCUT2D eigenvalue weighted by molar-refractivity contribution is 0.275. The van der Waals surface area contributed by atoms with E-state index in [2.05, 4.69) is 43.0 Å². The minimum absolute atomic E-state index is 0.0603. The summed E-state index contributed by atoms with van der Waals surface area (Å²) < 4.78 is 1.79. The predicted octanol–water partition coefficient (Wildman–Crippen LogP) is 3.46. The summed E-state index contributed by atoms with van der Waals surface area (Å²) in [5.74, 6) is 0.565. The van der Waals surface area contributed by atoms with Crippen LogP contribution in [-0.4, -0.2) is 19.7 Å². The minimum Gasteiger partial charge on any atom is -0.390 e. The number of benzene rings is 1. The third-order valence-electron chi connectivity index (χ3n) is 3.40. The Balaban J connectivity index is 2.07. The Morgan fingerprint density at radius 3 is 2.57 bits per heavy atom. The molecule has 5 heteroatoms. The van der Waals surface area contributed by atoms with E-state index < -0.39 is 0 Å². The van der Waals surface area contributed by atoms with Gasteiger partial charge in [0.15, 0.2) is 0 Å². The van der Waals surface area contributed by atoms with Gasteiger partial charge in [0.2, 0.25) is 4.96 Å². The van der Waals surface area contributed by atoms with E-state index in [9.17, 15) is 5.11 Å². The number of hydrogen-bond donors (Lipinski definition) is 1. The standard InChI is InChI=1S/C16H19N3OS/c1-10(2)8-14-18-19-13(9-20)15(17-16(19)21-14)12-6-4-11(3)5-7-12/h4-7,10,20H,8-9H2,1-3H3. The van der Waals surface area contributed by atoms with Gasteiger partial charge in [0.1, 0.15) is 5.01 Å². The second-order valence-electron chi connectivity index (χ2n) is 5.72. The highest BCUT2D eigenvalue weighted by Crippen LogP contribution is 2.28. The van der Waals surface area contributed by atoms with Crippen LogP contribution in [0.15, 0.2) is 24.3 Å². The van der Waals surface area contributed by atoms with Crippen molar-refractivity contribution in [1.29, 1.82) is 0 Å². The second-order valence-corrected chi connectivity index (χ2v) is 6.76. The van der Waals surface area contributed by atoms with Gasteiger partial charge in [0, 0.05) is 12.0 Å². The summed E-state index contributed by atoms with van der Waals surface area (Å²) in [6.45, 7) is 6.35. The highest BCUT2D eigenvalue weighted by molar-refractivity contribution is 7.16. The van der Waals surface area contributed by atoms with Crippen molar-refractivity contribution in [3.05, 3.63) is 40.5 Å². The van der Waals surface area contributed by atoms with E-state index in [-0.39, 0.29) is 6.61 Å². The Morgan fingerprint density at radius 2 is 1.95 bits per heavy atom. The van der Waals surface area contributed by atoms with Crippen molar-refractivity contribution < 1.29 is 5.11 Å². The number of imidazole rings is 1. The molecular formula is C16H19N3OS.